The average Bonchev–Trinajstić information content (AvgIpc) is 2.57. The van der Waals surface area contributed by atoms with E-state index in [9.17, 15) is 0 Å². The Balaban J connectivity index is 1.54. The Kier molecular flexibility index (Phi) is 7.44. The minimum absolute atomic E-state index is 0.219. The molecule has 0 spiro atoms. The highest BCUT2D eigenvalue weighted by Gasteiger charge is 2.00. The van der Waals surface area contributed by atoms with Gasteiger partial charge in [0.05, 0.1) is 12.7 Å². The zero-order chi connectivity index (χ0) is 15.5. The third-order valence-electron chi connectivity index (χ3n) is 3.45. The Morgan fingerprint density at radius 3 is 2.41 bits per heavy atom. The monoisotopic (exact) mass is 295 g/mol. The van der Waals surface area contributed by atoms with Gasteiger partial charge < -0.3 is 10.1 Å². The van der Waals surface area contributed by atoms with Gasteiger partial charge in [0.1, 0.15) is 0 Å². The molecule has 0 aliphatic rings. The first-order chi connectivity index (χ1) is 10.8. The third-order valence-corrected chi connectivity index (χ3v) is 3.45. The molecule has 2 rings (SSSR count). The van der Waals surface area contributed by atoms with Crippen LogP contribution in [0.5, 0.6) is 0 Å². The van der Waals surface area contributed by atoms with Crippen LogP contribution in [0.4, 0.5) is 0 Å². The summed E-state index contributed by atoms with van der Waals surface area (Å²) < 4.78 is 5.77. The molecule has 0 fully saturated rings. The van der Waals surface area contributed by atoms with E-state index >= 15 is 0 Å². The minimum atomic E-state index is 0.219. The molecule has 0 saturated heterocycles. The fourth-order valence-electron chi connectivity index (χ4n) is 2.21. The molecular weight excluding hydrogens is 270 g/mol. The highest BCUT2D eigenvalue weighted by atomic mass is 16.5. The Bertz CT molecular complexity index is 536. The summed E-state index contributed by atoms with van der Waals surface area (Å²) in [5.41, 5.74) is 2.58. The van der Waals surface area contributed by atoms with Crippen LogP contribution in [0.1, 0.15) is 18.1 Å². The van der Waals surface area contributed by atoms with Crippen molar-refractivity contribution >= 4 is 6.08 Å². The van der Waals surface area contributed by atoms with E-state index < -0.39 is 0 Å². The van der Waals surface area contributed by atoms with Gasteiger partial charge in [0.2, 0.25) is 0 Å². The predicted octanol–water partition coefficient (Wildman–Crippen LogP) is 3.94. The Labute approximate surface area is 133 Å². The first-order valence-corrected chi connectivity index (χ1v) is 7.92. The fraction of sp³-hybridized carbons (Fsp3) is 0.300. The molecule has 22 heavy (non-hydrogen) atoms. The summed E-state index contributed by atoms with van der Waals surface area (Å²) in [5.74, 6) is 0. The summed E-state index contributed by atoms with van der Waals surface area (Å²) in [6.45, 7) is 4.62. The number of hydrogen-bond donors (Lipinski definition) is 1. The zero-order valence-corrected chi connectivity index (χ0v) is 13.2. The Hall–Kier alpha value is -1.90. The molecule has 1 atom stereocenters. The molecule has 1 unspecified atom stereocenters. The quantitative estimate of drug-likeness (QED) is 0.708. The van der Waals surface area contributed by atoms with Crippen molar-refractivity contribution in [1.82, 2.24) is 5.32 Å². The highest BCUT2D eigenvalue weighted by molar-refractivity contribution is 5.48. The second kappa shape index (κ2) is 9.93. The molecular formula is C20H25NO. The van der Waals surface area contributed by atoms with Crippen molar-refractivity contribution < 1.29 is 4.74 Å². The summed E-state index contributed by atoms with van der Waals surface area (Å²) in [6.07, 6.45) is 5.43. The maximum absolute atomic E-state index is 5.77. The molecule has 116 valence electrons. The van der Waals surface area contributed by atoms with Crippen molar-refractivity contribution in [2.75, 3.05) is 19.7 Å². The van der Waals surface area contributed by atoms with Gasteiger partial charge in [-0.15, -0.1) is 0 Å². The van der Waals surface area contributed by atoms with Gasteiger partial charge >= 0.3 is 0 Å². The van der Waals surface area contributed by atoms with Crippen LogP contribution in [0, 0.1) is 0 Å². The van der Waals surface area contributed by atoms with Gasteiger partial charge in [0, 0.05) is 6.54 Å². The summed E-state index contributed by atoms with van der Waals surface area (Å²) in [7, 11) is 0. The molecule has 2 aromatic rings. The average molecular weight is 295 g/mol. The maximum Gasteiger partial charge on any atom is 0.0675 e. The lowest BCUT2D eigenvalue weighted by atomic mass is 10.1. The number of nitrogens with one attached hydrogen (secondary N) is 1. The first-order valence-electron chi connectivity index (χ1n) is 7.92. The zero-order valence-electron chi connectivity index (χ0n) is 13.2. The van der Waals surface area contributed by atoms with E-state index in [1.54, 1.807) is 0 Å². The standard InChI is InChI=1S/C20H25NO/c1-18(17-21-15-14-20-11-6-3-7-12-20)22-16-8-13-19-9-4-2-5-10-19/h2-13,18,21H,14-17H2,1H3. The van der Waals surface area contributed by atoms with Crippen LogP contribution in [0.25, 0.3) is 6.08 Å². The van der Waals surface area contributed by atoms with Crippen molar-refractivity contribution in [1.29, 1.82) is 0 Å². The second-order valence-corrected chi connectivity index (χ2v) is 5.40. The summed E-state index contributed by atoms with van der Waals surface area (Å²) in [4.78, 5) is 0. The number of ether oxygens (including phenoxy) is 1. The van der Waals surface area contributed by atoms with Gasteiger partial charge in [0.15, 0.2) is 0 Å². The minimum Gasteiger partial charge on any atom is -0.373 e. The summed E-state index contributed by atoms with van der Waals surface area (Å²) >= 11 is 0. The molecule has 0 amide bonds. The Morgan fingerprint density at radius 1 is 1.00 bits per heavy atom. The summed E-state index contributed by atoms with van der Waals surface area (Å²) in [6, 6.07) is 20.8. The SMILES string of the molecule is CC(CNCCc1ccccc1)OCC=Cc1ccccc1. The van der Waals surface area contributed by atoms with E-state index in [0.29, 0.717) is 6.61 Å². The maximum atomic E-state index is 5.77. The molecule has 1 N–H and O–H groups in total. The lowest BCUT2D eigenvalue weighted by Gasteiger charge is -2.12. The van der Waals surface area contributed by atoms with Gasteiger partial charge in [-0.3, -0.25) is 0 Å². The molecule has 0 heterocycles. The Morgan fingerprint density at radius 2 is 1.68 bits per heavy atom. The molecule has 0 radical (unpaired) electrons. The van der Waals surface area contributed by atoms with Gasteiger partial charge in [-0.1, -0.05) is 72.8 Å². The van der Waals surface area contributed by atoms with Crippen molar-refractivity contribution in [2.45, 2.75) is 19.4 Å². The van der Waals surface area contributed by atoms with E-state index in [2.05, 4.69) is 66.9 Å². The van der Waals surface area contributed by atoms with Gasteiger partial charge in [-0.05, 0) is 31.0 Å². The van der Waals surface area contributed by atoms with Crippen LogP contribution in [-0.2, 0) is 11.2 Å². The van der Waals surface area contributed by atoms with Crippen LogP contribution >= 0.6 is 0 Å². The highest BCUT2D eigenvalue weighted by Crippen LogP contribution is 2.01. The summed E-state index contributed by atoms with van der Waals surface area (Å²) in [5, 5.41) is 3.44. The number of rotatable bonds is 9. The van der Waals surface area contributed by atoms with E-state index in [-0.39, 0.29) is 6.10 Å². The fourth-order valence-corrected chi connectivity index (χ4v) is 2.21. The smallest absolute Gasteiger partial charge is 0.0675 e. The number of benzene rings is 2. The molecule has 0 bridgehead atoms. The molecule has 0 aliphatic heterocycles. The lowest BCUT2D eigenvalue weighted by molar-refractivity contribution is 0.0884. The largest absolute Gasteiger partial charge is 0.373 e. The van der Waals surface area contributed by atoms with E-state index in [4.69, 9.17) is 4.74 Å². The van der Waals surface area contributed by atoms with E-state index in [1.165, 1.54) is 11.1 Å². The van der Waals surface area contributed by atoms with E-state index in [1.807, 2.05) is 18.2 Å². The molecule has 2 nitrogen and oxygen atoms in total. The van der Waals surface area contributed by atoms with Crippen LogP contribution in [0.2, 0.25) is 0 Å². The van der Waals surface area contributed by atoms with Crippen LogP contribution in [0.3, 0.4) is 0 Å². The van der Waals surface area contributed by atoms with Crippen molar-refractivity contribution in [3.63, 3.8) is 0 Å². The molecule has 2 heteroatoms. The van der Waals surface area contributed by atoms with Gasteiger partial charge in [-0.2, -0.15) is 0 Å². The molecule has 0 saturated carbocycles. The molecule has 0 aromatic heterocycles. The molecule has 0 aliphatic carbocycles. The second-order valence-electron chi connectivity index (χ2n) is 5.40. The van der Waals surface area contributed by atoms with Gasteiger partial charge in [-0.25, -0.2) is 0 Å². The topological polar surface area (TPSA) is 21.3 Å². The molecule has 2 aromatic carbocycles. The van der Waals surface area contributed by atoms with Gasteiger partial charge in [0.25, 0.3) is 0 Å². The third kappa shape index (κ3) is 6.70. The predicted molar refractivity (Wildman–Crippen MR) is 93.9 cm³/mol. The van der Waals surface area contributed by atoms with Crippen LogP contribution in [0.15, 0.2) is 66.7 Å². The van der Waals surface area contributed by atoms with Crippen LogP contribution in [-0.4, -0.2) is 25.8 Å². The van der Waals surface area contributed by atoms with Crippen molar-refractivity contribution in [3.05, 3.63) is 77.9 Å². The number of hydrogen-bond acceptors (Lipinski definition) is 2. The van der Waals surface area contributed by atoms with E-state index in [0.717, 1.165) is 19.5 Å². The first kappa shape index (κ1) is 16.5. The van der Waals surface area contributed by atoms with Crippen LogP contribution < -0.4 is 5.32 Å². The van der Waals surface area contributed by atoms with Crippen molar-refractivity contribution in [2.24, 2.45) is 0 Å². The lowest BCUT2D eigenvalue weighted by Crippen LogP contribution is -2.28. The van der Waals surface area contributed by atoms with Crippen molar-refractivity contribution in [3.8, 4) is 0 Å². The normalized spacial score (nSPS) is 12.6.